The number of hydrogen-bond acceptors (Lipinski definition) is 5. The van der Waals surface area contributed by atoms with Gasteiger partial charge in [-0.15, -0.1) is 0 Å². The highest BCUT2D eigenvalue weighted by atomic mass is 79.9. The molecule has 166 valence electrons. The zero-order valence-corrected chi connectivity index (χ0v) is 19.1. The lowest BCUT2D eigenvalue weighted by Crippen LogP contribution is -2.45. The molecule has 0 radical (unpaired) electrons. The predicted molar refractivity (Wildman–Crippen MR) is 117 cm³/mol. The summed E-state index contributed by atoms with van der Waals surface area (Å²) in [5, 5.41) is 18.3. The number of piperidine rings is 2. The highest BCUT2D eigenvalue weighted by Gasteiger charge is 2.32. The summed E-state index contributed by atoms with van der Waals surface area (Å²) in [7, 11) is 0. The number of aromatic hydroxyl groups is 1. The Balaban J connectivity index is 1.43. The van der Waals surface area contributed by atoms with Gasteiger partial charge in [-0.2, -0.15) is 0 Å². The summed E-state index contributed by atoms with van der Waals surface area (Å²) < 4.78 is 0.656. The Hall–Kier alpha value is -1.64. The fraction of sp³-hybridized carbons (Fsp3) is 0.636. The third-order valence-electron chi connectivity index (χ3n) is 6.62. The molecule has 0 spiro atoms. The standard InChI is InChI=1S/C22H32BrN3O4/c1-15(12-16-2-3-20(27)19(23)13-16)22(29)26-10-6-18(7-11-26)17-4-8-25(9-5-17)14-21(28)24-30/h2-3,13,15,17-18,27,30H,4-12,14H2,1H3,(H,24,28)/t15-/m1/s1. The molecule has 2 aliphatic rings. The van der Waals surface area contributed by atoms with Crippen LogP contribution < -0.4 is 5.48 Å². The van der Waals surface area contributed by atoms with Gasteiger partial charge in [-0.3, -0.25) is 19.7 Å². The Morgan fingerprint density at radius 2 is 1.73 bits per heavy atom. The number of nitrogens with one attached hydrogen (secondary N) is 1. The second-order valence-electron chi connectivity index (χ2n) is 8.70. The molecule has 0 aliphatic carbocycles. The van der Waals surface area contributed by atoms with Crippen molar-refractivity contribution < 1.29 is 19.9 Å². The van der Waals surface area contributed by atoms with Gasteiger partial charge in [0.05, 0.1) is 11.0 Å². The van der Waals surface area contributed by atoms with Crippen molar-refractivity contribution in [3.8, 4) is 5.75 Å². The zero-order chi connectivity index (χ0) is 21.7. The van der Waals surface area contributed by atoms with Crippen LogP contribution in [0, 0.1) is 17.8 Å². The lowest BCUT2D eigenvalue weighted by atomic mass is 9.78. The maximum atomic E-state index is 12.9. The van der Waals surface area contributed by atoms with Crippen LogP contribution in [0.1, 0.15) is 38.2 Å². The summed E-state index contributed by atoms with van der Waals surface area (Å²) in [5.41, 5.74) is 2.74. The predicted octanol–water partition coefficient (Wildman–Crippen LogP) is 2.79. The zero-order valence-electron chi connectivity index (χ0n) is 17.5. The Labute approximate surface area is 186 Å². The molecule has 0 unspecified atom stereocenters. The Kier molecular flexibility index (Phi) is 8.13. The van der Waals surface area contributed by atoms with Gasteiger partial charge >= 0.3 is 0 Å². The molecule has 1 atom stereocenters. The van der Waals surface area contributed by atoms with E-state index in [2.05, 4.69) is 20.8 Å². The monoisotopic (exact) mass is 481 g/mol. The second kappa shape index (κ2) is 10.6. The van der Waals surface area contributed by atoms with Gasteiger partial charge in [-0.1, -0.05) is 13.0 Å². The van der Waals surface area contributed by atoms with Crippen molar-refractivity contribution in [2.75, 3.05) is 32.7 Å². The average molecular weight is 482 g/mol. The molecule has 0 bridgehead atoms. The van der Waals surface area contributed by atoms with E-state index in [1.807, 2.05) is 24.0 Å². The van der Waals surface area contributed by atoms with E-state index >= 15 is 0 Å². The van der Waals surface area contributed by atoms with Crippen molar-refractivity contribution in [2.24, 2.45) is 17.8 Å². The number of carbonyl (C=O) groups excluding carboxylic acids is 2. The van der Waals surface area contributed by atoms with Crippen LogP contribution >= 0.6 is 15.9 Å². The molecule has 0 aromatic heterocycles. The van der Waals surface area contributed by atoms with Crippen molar-refractivity contribution in [2.45, 2.75) is 39.0 Å². The van der Waals surface area contributed by atoms with E-state index in [-0.39, 0.29) is 30.0 Å². The summed E-state index contributed by atoms with van der Waals surface area (Å²) in [5.74, 6) is 1.28. The van der Waals surface area contributed by atoms with Crippen molar-refractivity contribution in [3.05, 3.63) is 28.2 Å². The minimum Gasteiger partial charge on any atom is -0.507 e. The van der Waals surface area contributed by atoms with Crippen molar-refractivity contribution in [1.29, 1.82) is 0 Å². The normalized spacial score (nSPS) is 20.2. The molecular formula is C22H32BrN3O4. The van der Waals surface area contributed by atoms with Gasteiger partial charge in [0.2, 0.25) is 5.91 Å². The molecule has 0 saturated carbocycles. The highest BCUT2D eigenvalue weighted by molar-refractivity contribution is 9.10. The molecule has 1 aromatic rings. The molecule has 2 fully saturated rings. The number of amides is 2. The van der Waals surface area contributed by atoms with Crippen LogP contribution in [0.4, 0.5) is 0 Å². The van der Waals surface area contributed by atoms with Crippen LogP contribution in [0.5, 0.6) is 5.75 Å². The molecule has 7 nitrogen and oxygen atoms in total. The fourth-order valence-electron chi connectivity index (χ4n) is 4.84. The summed E-state index contributed by atoms with van der Waals surface area (Å²) in [6.07, 6.45) is 4.90. The number of nitrogens with zero attached hydrogens (tertiary/aromatic N) is 2. The first-order valence-electron chi connectivity index (χ1n) is 10.8. The minimum atomic E-state index is -0.353. The van der Waals surface area contributed by atoms with Gasteiger partial charge in [0.1, 0.15) is 5.75 Å². The summed E-state index contributed by atoms with van der Waals surface area (Å²) >= 11 is 3.33. The van der Waals surface area contributed by atoms with Gasteiger partial charge in [0.15, 0.2) is 0 Å². The Bertz CT molecular complexity index is 744. The van der Waals surface area contributed by atoms with Gasteiger partial charge in [-0.05, 0) is 90.7 Å². The molecule has 2 amide bonds. The molecule has 2 saturated heterocycles. The largest absolute Gasteiger partial charge is 0.507 e. The maximum absolute atomic E-state index is 12.9. The molecule has 3 N–H and O–H groups in total. The smallest absolute Gasteiger partial charge is 0.257 e. The van der Waals surface area contributed by atoms with E-state index in [1.165, 1.54) is 0 Å². The first kappa shape index (κ1) is 23.0. The number of rotatable bonds is 6. The molecule has 8 heteroatoms. The highest BCUT2D eigenvalue weighted by Crippen LogP contribution is 2.33. The Morgan fingerprint density at radius 3 is 2.30 bits per heavy atom. The first-order chi connectivity index (χ1) is 14.4. The van der Waals surface area contributed by atoms with Gasteiger partial charge in [-0.25, -0.2) is 5.48 Å². The summed E-state index contributed by atoms with van der Waals surface area (Å²) in [6.45, 7) is 5.65. The minimum absolute atomic E-state index is 0.0843. The van der Waals surface area contributed by atoms with Crippen molar-refractivity contribution in [3.63, 3.8) is 0 Å². The number of hydrogen-bond donors (Lipinski definition) is 3. The SMILES string of the molecule is C[C@H](Cc1ccc(O)c(Br)c1)C(=O)N1CCC(C2CCN(CC(=O)NO)CC2)CC1. The van der Waals surface area contributed by atoms with Crippen molar-refractivity contribution in [1.82, 2.24) is 15.3 Å². The number of benzene rings is 1. The molecule has 1 aromatic carbocycles. The number of likely N-dealkylation sites (tertiary alicyclic amines) is 2. The molecular weight excluding hydrogens is 450 g/mol. The summed E-state index contributed by atoms with van der Waals surface area (Å²) in [6, 6.07) is 5.40. The van der Waals surface area contributed by atoms with Crippen LogP contribution in [0.2, 0.25) is 0 Å². The average Bonchev–Trinajstić information content (AvgIpc) is 2.76. The number of halogens is 1. The third-order valence-corrected chi connectivity index (χ3v) is 7.25. The quantitative estimate of drug-likeness (QED) is 0.429. The van der Waals surface area contributed by atoms with E-state index in [9.17, 15) is 14.7 Å². The lowest BCUT2D eigenvalue weighted by molar-refractivity contribution is -0.136. The number of phenols is 1. The van der Waals surface area contributed by atoms with Crippen LogP contribution in [0.3, 0.4) is 0 Å². The third kappa shape index (κ3) is 5.95. The number of phenolic OH excluding ortho intramolecular Hbond substituents is 1. The topological polar surface area (TPSA) is 93.1 Å². The van der Waals surface area contributed by atoms with E-state index in [0.29, 0.717) is 22.7 Å². The summed E-state index contributed by atoms with van der Waals surface area (Å²) in [4.78, 5) is 28.3. The molecule has 2 heterocycles. The first-order valence-corrected chi connectivity index (χ1v) is 11.6. The van der Waals surface area contributed by atoms with E-state index < -0.39 is 0 Å². The van der Waals surface area contributed by atoms with Crippen molar-refractivity contribution >= 4 is 27.7 Å². The fourth-order valence-corrected chi connectivity index (χ4v) is 5.27. The maximum Gasteiger partial charge on any atom is 0.257 e. The number of carbonyl (C=O) groups is 2. The number of hydroxylamine groups is 1. The lowest BCUT2D eigenvalue weighted by Gasteiger charge is -2.40. The van der Waals surface area contributed by atoms with E-state index in [1.54, 1.807) is 11.5 Å². The molecule has 30 heavy (non-hydrogen) atoms. The van der Waals surface area contributed by atoms with Gasteiger partial charge in [0.25, 0.3) is 5.91 Å². The van der Waals surface area contributed by atoms with Gasteiger partial charge in [0, 0.05) is 19.0 Å². The molecule has 2 aliphatic heterocycles. The van der Waals surface area contributed by atoms with Crippen LogP contribution in [0.25, 0.3) is 0 Å². The van der Waals surface area contributed by atoms with E-state index in [0.717, 1.165) is 57.4 Å². The van der Waals surface area contributed by atoms with Crippen LogP contribution in [-0.4, -0.2) is 64.7 Å². The molecule has 3 rings (SSSR count). The van der Waals surface area contributed by atoms with Gasteiger partial charge < -0.3 is 10.0 Å². The van der Waals surface area contributed by atoms with Crippen LogP contribution in [-0.2, 0) is 16.0 Å². The van der Waals surface area contributed by atoms with Crippen LogP contribution in [0.15, 0.2) is 22.7 Å². The second-order valence-corrected chi connectivity index (χ2v) is 9.56. The Morgan fingerprint density at radius 1 is 1.13 bits per heavy atom. The van der Waals surface area contributed by atoms with E-state index in [4.69, 9.17) is 5.21 Å².